The van der Waals surface area contributed by atoms with Crippen LogP contribution >= 0.6 is 0 Å². The van der Waals surface area contributed by atoms with E-state index in [-0.39, 0.29) is 38.6 Å². The first kappa shape index (κ1) is 33.0. The van der Waals surface area contributed by atoms with Crippen molar-refractivity contribution in [2.45, 2.75) is 45.6 Å². The number of hydrogen-bond acceptors (Lipinski definition) is 6. The van der Waals surface area contributed by atoms with Crippen LogP contribution in [0.25, 0.3) is 11.1 Å². The maximum Gasteiger partial charge on any atom is 0.337 e. The molecule has 0 heterocycles. The summed E-state index contributed by atoms with van der Waals surface area (Å²) >= 11 is 0. The highest BCUT2D eigenvalue weighted by molar-refractivity contribution is 5.84. The van der Waals surface area contributed by atoms with Gasteiger partial charge in [0.15, 0.2) is 6.10 Å². The normalized spacial score (nSPS) is 12.2. The van der Waals surface area contributed by atoms with Gasteiger partial charge in [-0.15, -0.1) is 0 Å². The molecular formula is C37H40N2O6. The minimum atomic E-state index is -1.56. The Morgan fingerprint density at radius 1 is 0.644 bits per heavy atom. The molecule has 0 aromatic heterocycles. The quantitative estimate of drug-likeness (QED) is 0.176. The number of aliphatic hydroxyl groups is 1. The maximum atomic E-state index is 13.6. The van der Waals surface area contributed by atoms with E-state index in [2.05, 4.69) is 5.32 Å². The zero-order valence-corrected chi connectivity index (χ0v) is 25.7. The Kier molecular flexibility index (Phi) is 12.3. The van der Waals surface area contributed by atoms with Crippen LogP contribution in [0.2, 0.25) is 0 Å². The van der Waals surface area contributed by atoms with Gasteiger partial charge in [0.25, 0.3) is 0 Å². The minimum Gasteiger partial charge on any atom is -0.459 e. The van der Waals surface area contributed by atoms with Crippen molar-refractivity contribution < 1.29 is 29.0 Å². The van der Waals surface area contributed by atoms with Crippen molar-refractivity contribution in [2.75, 3.05) is 13.1 Å². The van der Waals surface area contributed by atoms with Gasteiger partial charge in [-0.05, 0) is 33.7 Å². The number of esters is 2. The van der Waals surface area contributed by atoms with Crippen LogP contribution in [0, 0.1) is 5.92 Å². The summed E-state index contributed by atoms with van der Waals surface area (Å²) in [5.41, 5.74) is 4.53. The summed E-state index contributed by atoms with van der Waals surface area (Å²) in [5.74, 6) is -1.40. The lowest BCUT2D eigenvalue weighted by atomic mass is 10.0. The predicted octanol–water partition coefficient (Wildman–Crippen LogP) is 5.78. The zero-order chi connectivity index (χ0) is 32.0. The van der Waals surface area contributed by atoms with Gasteiger partial charge in [0, 0.05) is 13.0 Å². The number of hydrogen-bond donors (Lipinski definition) is 2. The highest BCUT2D eigenvalue weighted by atomic mass is 16.5. The van der Waals surface area contributed by atoms with E-state index in [0.717, 1.165) is 27.8 Å². The lowest BCUT2D eigenvalue weighted by Crippen LogP contribution is -2.52. The Morgan fingerprint density at radius 3 is 1.67 bits per heavy atom. The molecule has 2 N–H and O–H groups in total. The number of carbonyl (C=O) groups excluding carboxylic acids is 3. The Bertz CT molecular complexity index is 1490. The first-order valence-electron chi connectivity index (χ1n) is 15.1. The largest absolute Gasteiger partial charge is 0.459 e. The molecule has 45 heavy (non-hydrogen) atoms. The molecule has 0 fully saturated rings. The SMILES string of the molecule is CC(C)CN(C[C@H](O)C(=O)OCc1ccccc1)C(=O)N[C@@H](Cc1ccc(-c2ccccc2)cc1)C(=O)OCc1ccccc1. The smallest absolute Gasteiger partial charge is 0.337 e. The average molecular weight is 609 g/mol. The zero-order valence-electron chi connectivity index (χ0n) is 25.7. The van der Waals surface area contributed by atoms with E-state index in [1.165, 1.54) is 4.90 Å². The van der Waals surface area contributed by atoms with Crippen LogP contribution in [0.15, 0.2) is 115 Å². The molecule has 0 radical (unpaired) electrons. The van der Waals surface area contributed by atoms with Crippen molar-refractivity contribution >= 4 is 18.0 Å². The molecule has 0 aliphatic rings. The fourth-order valence-corrected chi connectivity index (χ4v) is 4.75. The molecule has 8 heteroatoms. The number of aliphatic hydroxyl groups excluding tert-OH is 1. The minimum absolute atomic E-state index is 0.00546. The lowest BCUT2D eigenvalue weighted by Gasteiger charge is -2.28. The molecule has 0 bridgehead atoms. The predicted molar refractivity (Wildman–Crippen MR) is 173 cm³/mol. The van der Waals surface area contributed by atoms with Gasteiger partial charge in [-0.2, -0.15) is 0 Å². The molecule has 2 atom stereocenters. The number of nitrogens with one attached hydrogen (secondary N) is 1. The van der Waals surface area contributed by atoms with E-state index < -0.39 is 30.1 Å². The summed E-state index contributed by atoms with van der Waals surface area (Å²) < 4.78 is 10.9. The molecule has 0 saturated heterocycles. The van der Waals surface area contributed by atoms with E-state index in [4.69, 9.17) is 9.47 Å². The molecule has 0 saturated carbocycles. The van der Waals surface area contributed by atoms with Crippen molar-refractivity contribution in [3.05, 3.63) is 132 Å². The van der Waals surface area contributed by atoms with Crippen molar-refractivity contribution in [3.63, 3.8) is 0 Å². The van der Waals surface area contributed by atoms with Gasteiger partial charge in [-0.25, -0.2) is 14.4 Å². The molecule has 0 aliphatic heterocycles. The second-order valence-electron chi connectivity index (χ2n) is 11.3. The summed E-state index contributed by atoms with van der Waals surface area (Å²) in [6.45, 7) is 3.84. The van der Waals surface area contributed by atoms with Crippen LogP contribution < -0.4 is 5.32 Å². The van der Waals surface area contributed by atoms with Crippen LogP contribution in [0.4, 0.5) is 4.79 Å². The summed E-state index contributed by atoms with van der Waals surface area (Å²) in [4.78, 5) is 40.8. The second-order valence-corrected chi connectivity index (χ2v) is 11.3. The van der Waals surface area contributed by atoms with Crippen LogP contribution in [-0.2, 0) is 38.7 Å². The van der Waals surface area contributed by atoms with Gasteiger partial charge < -0.3 is 24.8 Å². The fraction of sp³-hybridized carbons (Fsp3) is 0.270. The van der Waals surface area contributed by atoms with E-state index >= 15 is 0 Å². The number of urea groups is 1. The van der Waals surface area contributed by atoms with Crippen molar-refractivity contribution in [1.82, 2.24) is 10.2 Å². The Morgan fingerprint density at radius 2 is 1.13 bits per heavy atom. The molecule has 4 aromatic rings. The van der Waals surface area contributed by atoms with Gasteiger partial charge in [-0.3, -0.25) is 0 Å². The third kappa shape index (κ3) is 10.6. The van der Waals surface area contributed by atoms with Crippen LogP contribution in [0.1, 0.15) is 30.5 Å². The molecule has 0 unspecified atom stereocenters. The van der Waals surface area contributed by atoms with Crippen molar-refractivity contribution in [3.8, 4) is 11.1 Å². The fourth-order valence-electron chi connectivity index (χ4n) is 4.75. The van der Waals surface area contributed by atoms with Gasteiger partial charge in [0.05, 0.1) is 6.54 Å². The van der Waals surface area contributed by atoms with Gasteiger partial charge in [-0.1, -0.05) is 129 Å². The summed E-state index contributed by atoms with van der Waals surface area (Å²) in [5, 5.41) is 13.5. The maximum absolute atomic E-state index is 13.6. The summed E-state index contributed by atoms with van der Waals surface area (Å²) in [7, 11) is 0. The topological polar surface area (TPSA) is 105 Å². The van der Waals surface area contributed by atoms with Gasteiger partial charge >= 0.3 is 18.0 Å². The first-order chi connectivity index (χ1) is 21.8. The number of amides is 2. The highest BCUT2D eigenvalue weighted by Crippen LogP contribution is 2.20. The number of carbonyl (C=O) groups is 3. The number of nitrogens with zero attached hydrogens (tertiary/aromatic N) is 1. The third-order valence-corrected chi connectivity index (χ3v) is 7.07. The molecule has 4 rings (SSSR count). The summed E-state index contributed by atoms with van der Waals surface area (Å²) in [6, 6.07) is 34.6. The van der Waals surface area contributed by atoms with E-state index in [9.17, 15) is 19.5 Å². The van der Waals surface area contributed by atoms with Crippen LogP contribution in [-0.4, -0.2) is 53.2 Å². The molecule has 4 aromatic carbocycles. The molecule has 234 valence electrons. The second kappa shape index (κ2) is 16.8. The third-order valence-electron chi connectivity index (χ3n) is 7.07. The molecular weight excluding hydrogens is 568 g/mol. The summed E-state index contributed by atoms with van der Waals surface area (Å²) in [6.07, 6.45) is -1.38. The van der Waals surface area contributed by atoms with E-state index in [0.29, 0.717) is 0 Å². The van der Waals surface area contributed by atoms with Gasteiger partial charge in [0.2, 0.25) is 0 Å². The number of rotatable bonds is 14. The van der Waals surface area contributed by atoms with Crippen molar-refractivity contribution in [2.24, 2.45) is 5.92 Å². The van der Waals surface area contributed by atoms with E-state index in [1.54, 1.807) is 0 Å². The van der Waals surface area contributed by atoms with E-state index in [1.807, 2.05) is 129 Å². The standard InChI is InChI=1S/C37H40N2O6/c1-27(2)23-39(24-34(40)36(42)45-26-30-14-8-4-9-15-30)37(43)38-33(35(41)44-25-29-12-6-3-7-13-29)22-28-18-20-32(21-19-28)31-16-10-5-11-17-31/h3-21,27,33-34,40H,22-26H2,1-2H3,(H,38,43)/t33-,34-/m0/s1. The molecule has 0 aliphatic carbocycles. The average Bonchev–Trinajstić information content (AvgIpc) is 3.06. The first-order valence-corrected chi connectivity index (χ1v) is 15.1. The monoisotopic (exact) mass is 608 g/mol. The molecule has 2 amide bonds. The molecule has 8 nitrogen and oxygen atoms in total. The number of ether oxygens (including phenoxy) is 2. The van der Waals surface area contributed by atoms with Crippen LogP contribution in [0.5, 0.6) is 0 Å². The Hall–Kier alpha value is -4.95. The lowest BCUT2D eigenvalue weighted by molar-refractivity contribution is -0.155. The molecule has 0 spiro atoms. The highest BCUT2D eigenvalue weighted by Gasteiger charge is 2.29. The number of benzene rings is 4. The Labute approximate surface area is 264 Å². The Balaban J connectivity index is 1.45. The van der Waals surface area contributed by atoms with Gasteiger partial charge in [0.1, 0.15) is 19.3 Å². The van der Waals surface area contributed by atoms with Crippen LogP contribution in [0.3, 0.4) is 0 Å². The van der Waals surface area contributed by atoms with Crippen molar-refractivity contribution in [1.29, 1.82) is 0 Å².